The summed E-state index contributed by atoms with van der Waals surface area (Å²) in [4.78, 5) is 13.8. The maximum atomic E-state index is 11.3. The number of anilines is 1. The maximum absolute atomic E-state index is 11.3. The standard InChI is InChI=1S/C11H15ClN4O/c12-10-8(6-13-15-11(10)17)14-7-3-5-16-4-1-2-9(7)16/h6-7,9H,1-5H2,(H2,14,15,17). The number of nitrogens with zero attached hydrogens (tertiary/aromatic N) is 2. The number of fused-ring (bicyclic) bond motifs is 1. The van der Waals surface area contributed by atoms with E-state index < -0.39 is 0 Å². The average Bonchev–Trinajstić information content (AvgIpc) is 2.89. The molecule has 0 saturated carbocycles. The Kier molecular flexibility index (Phi) is 2.80. The summed E-state index contributed by atoms with van der Waals surface area (Å²) in [6.07, 6.45) is 5.19. The summed E-state index contributed by atoms with van der Waals surface area (Å²) in [6, 6.07) is 0.976. The predicted octanol–water partition coefficient (Wildman–Crippen LogP) is 1.07. The van der Waals surface area contributed by atoms with Gasteiger partial charge in [-0.2, -0.15) is 5.10 Å². The zero-order valence-corrected chi connectivity index (χ0v) is 10.2. The van der Waals surface area contributed by atoms with Crippen LogP contribution < -0.4 is 10.9 Å². The molecule has 1 aromatic heterocycles. The van der Waals surface area contributed by atoms with Crippen molar-refractivity contribution in [2.24, 2.45) is 0 Å². The molecule has 2 aliphatic rings. The Morgan fingerprint density at radius 3 is 3.24 bits per heavy atom. The van der Waals surface area contributed by atoms with Crippen LogP contribution in [0.15, 0.2) is 11.0 Å². The van der Waals surface area contributed by atoms with Crippen molar-refractivity contribution in [1.82, 2.24) is 15.1 Å². The molecule has 2 unspecified atom stereocenters. The van der Waals surface area contributed by atoms with Gasteiger partial charge in [0.25, 0.3) is 5.56 Å². The first-order chi connectivity index (χ1) is 8.25. The average molecular weight is 255 g/mol. The summed E-state index contributed by atoms with van der Waals surface area (Å²) in [5, 5.41) is 9.67. The minimum Gasteiger partial charge on any atom is -0.378 e. The fourth-order valence-electron chi connectivity index (χ4n) is 2.93. The zero-order valence-electron chi connectivity index (χ0n) is 9.45. The molecule has 0 amide bonds. The van der Waals surface area contributed by atoms with Gasteiger partial charge >= 0.3 is 0 Å². The van der Waals surface area contributed by atoms with Crippen LogP contribution in [0, 0.1) is 0 Å². The molecule has 2 atom stereocenters. The van der Waals surface area contributed by atoms with E-state index >= 15 is 0 Å². The van der Waals surface area contributed by atoms with Crippen LogP contribution in [0.4, 0.5) is 5.69 Å². The van der Waals surface area contributed by atoms with Crippen LogP contribution in [0.2, 0.25) is 5.02 Å². The molecule has 5 nitrogen and oxygen atoms in total. The number of nitrogens with one attached hydrogen (secondary N) is 2. The van der Waals surface area contributed by atoms with E-state index in [1.807, 2.05) is 0 Å². The van der Waals surface area contributed by atoms with Crippen LogP contribution in [0.1, 0.15) is 19.3 Å². The molecule has 3 heterocycles. The topological polar surface area (TPSA) is 61.0 Å². The van der Waals surface area contributed by atoms with Gasteiger partial charge in [0.1, 0.15) is 5.02 Å². The van der Waals surface area contributed by atoms with E-state index in [-0.39, 0.29) is 10.6 Å². The fourth-order valence-corrected chi connectivity index (χ4v) is 3.08. The molecular formula is C11H15ClN4O. The Balaban J connectivity index is 1.79. The van der Waals surface area contributed by atoms with Gasteiger partial charge in [0.2, 0.25) is 0 Å². The highest BCUT2D eigenvalue weighted by molar-refractivity contribution is 6.32. The molecule has 17 heavy (non-hydrogen) atoms. The van der Waals surface area contributed by atoms with Crippen LogP contribution in [0.3, 0.4) is 0 Å². The Bertz CT molecular complexity index is 475. The molecule has 6 heteroatoms. The Labute approximate surface area is 104 Å². The van der Waals surface area contributed by atoms with E-state index in [1.54, 1.807) is 6.20 Å². The van der Waals surface area contributed by atoms with E-state index in [9.17, 15) is 4.79 Å². The largest absolute Gasteiger partial charge is 0.378 e. The highest BCUT2D eigenvalue weighted by atomic mass is 35.5. The number of halogens is 1. The van der Waals surface area contributed by atoms with Gasteiger partial charge in [0.05, 0.1) is 11.9 Å². The SMILES string of the molecule is O=c1[nH]ncc(NC2CCN3CCCC23)c1Cl. The van der Waals surface area contributed by atoms with E-state index in [2.05, 4.69) is 20.4 Å². The molecule has 2 aliphatic heterocycles. The second-order valence-corrected chi connectivity index (χ2v) is 5.09. The van der Waals surface area contributed by atoms with Crippen molar-refractivity contribution in [3.63, 3.8) is 0 Å². The minimum atomic E-state index is -0.335. The van der Waals surface area contributed by atoms with Crippen LogP contribution in [0.25, 0.3) is 0 Å². The quantitative estimate of drug-likeness (QED) is 0.829. The highest BCUT2D eigenvalue weighted by Crippen LogP contribution is 2.30. The number of hydrogen-bond acceptors (Lipinski definition) is 4. The second kappa shape index (κ2) is 4.31. The van der Waals surface area contributed by atoms with E-state index in [4.69, 9.17) is 11.6 Å². The molecule has 2 fully saturated rings. The van der Waals surface area contributed by atoms with Gasteiger partial charge in [0.15, 0.2) is 0 Å². The number of H-pyrrole nitrogens is 1. The first-order valence-electron chi connectivity index (χ1n) is 5.99. The number of rotatable bonds is 2. The van der Waals surface area contributed by atoms with Crippen molar-refractivity contribution in [3.05, 3.63) is 21.6 Å². The molecular weight excluding hydrogens is 240 g/mol. The van der Waals surface area contributed by atoms with Gasteiger partial charge in [-0.3, -0.25) is 9.69 Å². The molecule has 0 bridgehead atoms. The fraction of sp³-hybridized carbons (Fsp3) is 0.636. The zero-order chi connectivity index (χ0) is 11.8. The lowest BCUT2D eigenvalue weighted by molar-refractivity contribution is 0.318. The van der Waals surface area contributed by atoms with Crippen LogP contribution >= 0.6 is 11.6 Å². The van der Waals surface area contributed by atoms with Gasteiger partial charge in [0, 0.05) is 18.6 Å². The first-order valence-corrected chi connectivity index (χ1v) is 6.37. The number of aromatic amines is 1. The molecule has 2 N–H and O–H groups in total. The summed E-state index contributed by atoms with van der Waals surface area (Å²) >= 11 is 5.95. The van der Waals surface area contributed by atoms with Crippen molar-refractivity contribution in [1.29, 1.82) is 0 Å². The summed E-state index contributed by atoms with van der Waals surface area (Å²) in [5.41, 5.74) is 0.312. The number of hydrogen-bond donors (Lipinski definition) is 2. The maximum Gasteiger partial charge on any atom is 0.285 e. The number of aromatic nitrogens is 2. The van der Waals surface area contributed by atoms with Crippen LogP contribution in [-0.2, 0) is 0 Å². The predicted molar refractivity (Wildman–Crippen MR) is 66.5 cm³/mol. The first kappa shape index (κ1) is 11.0. The Hall–Kier alpha value is -1.07. The molecule has 2 saturated heterocycles. The van der Waals surface area contributed by atoms with Gasteiger partial charge in [-0.25, -0.2) is 5.10 Å². The van der Waals surface area contributed by atoms with Crippen molar-refractivity contribution < 1.29 is 0 Å². The van der Waals surface area contributed by atoms with Crippen molar-refractivity contribution in [2.45, 2.75) is 31.3 Å². The van der Waals surface area contributed by atoms with E-state index in [0.29, 0.717) is 17.8 Å². The summed E-state index contributed by atoms with van der Waals surface area (Å²) < 4.78 is 0. The molecule has 3 rings (SSSR count). The molecule has 92 valence electrons. The summed E-state index contributed by atoms with van der Waals surface area (Å²) in [5.74, 6) is 0. The molecule has 0 spiro atoms. The molecule has 0 radical (unpaired) electrons. The lowest BCUT2D eigenvalue weighted by atomic mass is 10.1. The highest BCUT2D eigenvalue weighted by Gasteiger charge is 2.37. The van der Waals surface area contributed by atoms with Crippen LogP contribution in [0.5, 0.6) is 0 Å². The third kappa shape index (κ3) is 1.93. The minimum absolute atomic E-state index is 0.205. The summed E-state index contributed by atoms with van der Waals surface area (Å²) in [6.45, 7) is 2.33. The normalized spacial score (nSPS) is 28.3. The third-order valence-corrected chi connectivity index (χ3v) is 4.12. The van der Waals surface area contributed by atoms with E-state index in [1.165, 1.54) is 19.4 Å². The van der Waals surface area contributed by atoms with Crippen molar-refractivity contribution in [2.75, 3.05) is 18.4 Å². The third-order valence-electron chi connectivity index (χ3n) is 3.74. The lowest BCUT2D eigenvalue weighted by Crippen LogP contribution is -2.34. The molecule has 0 aliphatic carbocycles. The smallest absolute Gasteiger partial charge is 0.285 e. The second-order valence-electron chi connectivity index (χ2n) is 4.71. The van der Waals surface area contributed by atoms with Gasteiger partial charge in [-0.15, -0.1) is 0 Å². The Morgan fingerprint density at radius 2 is 2.35 bits per heavy atom. The Morgan fingerprint density at radius 1 is 1.47 bits per heavy atom. The summed E-state index contributed by atoms with van der Waals surface area (Å²) in [7, 11) is 0. The lowest BCUT2D eigenvalue weighted by Gasteiger charge is -2.22. The van der Waals surface area contributed by atoms with Crippen molar-refractivity contribution in [3.8, 4) is 0 Å². The molecule has 0 aromatic carbocycles. The van der Waals surface area contributed by atoms with Gasteiger partial charge in [-0.1, -0.05) is 11.6 Å². The molecule has 1 aromatic rings. The van der Waals surface area contributed by atoms with Gasteiger partial charge < -0.3 is 5.32 Å². The van der Waals surface area contributed by atoms with Crippen molar-refractivity contribution >= 4 is 17.3 Å². The van der Waals surface area contributed by atoms with E-state index in [0.717, 1.165) is 13.0 Å². The van der Waals surface area contributed by atoms with Gasteiger partial charge in [-0.05, 0) is 25.8 Å². The van der Waals surface area contributed by atoms with Crippen LogP contribution in [-0.4, -0.2) is 40.3 Å². The monoisotopic (exact) mass is 254 g/mol.